The third-order valence-corrected chi connectivity index (χ3v) is 5.22. The molecule has 18 heavy (non-hydrogen) atoms. The Labute approximate surface area is 113 Å². The van der Waals surface area contributed by atoms with E-state index in [1.54, 1.807) is 0 Å². The fourth-order valence-corrected chi connectivity index (χ4v) is 4.02. The zero-order chi connectivity index (χ0) is 13.0. The van der Waals surface area contributed by atoms with Crippen LogP contribution in [-0.2, 0) is 0 Å². The molecule has 2 aliphatic rings. The Bertz CT molecular complexity index is 237. The fraction of sp³-hybridized carbons (Fsp3) is 1.00. The van der Waals surface area contributed by atoms with Gasteiger partial charge < -0.3 is 10.0 Å². The molecule has 0 radical (unpaired) electrons. The van der Waals surface area contributed by atoms with Crippen LogP contribution >= 0.6 is 0 Å². The van der Waals surface area contributed by atoms with Gasteiger partial charge in [-0.2, -0.15) is 0 Å². The first-order chi connectivity index (χ1) is 8.69. The lowest BCUT2D eigenvalue weighted by Gasteiger charge is -2.35. The first-order valence-electron chi connectivity index (χ1n) is 8.05. The van der Waals surface area contributed by atoms with E-state index in [4.69, 9.17) is 0 Å². The van der Waals surface area contributed by atoms with Crippen LogP contribution in [0.3, 0.4) is 0 Å². The maximum Gasteiger partial charge on any atom is 0.0580 e. The molecule has 2 fully saturated rings. The summed E-state index contributed by atoms with van der Waals surface area (Å²) in [6.45, 7) is 4.65. The van der Waals surface area contributed by atoms with Crippen LogP contribution in [0.4, 0.5) is 0 Å². The van der Waals surface area contributed by atoms with Crippen molar-refractivity contribution >= 4 is 0 Å². The Morgan fingerprint density at radius 3 is 2.39 bits per heavy atom. The quantitative estimate of drug-likeness (QED) is 0.812. The second kappa shape index (κ2) is 6.91. The van der Waals surface area contributed by atoms with Crippen LogP contribution in [0.2, 0.25) is 0 Å². The van der Waals surface area contributed by atoms with E-state index < -0.39 is 0 Å². The molecular weight excluding hydrogens is 222 g/mol. The van der Waals surface area contributed by atoms with Gasteiger partial charge in [0.25, 0.3) is 0 Å². The van der Waals surface area contributed by atoms with Crippen molar-refractivity contribution in [3.05, 3.63) is 0 Å². The molecule has 3 unspecified atom stereocenters. The topological polar surface area (TPSA) is 23.5 Å². The molecule has 0 heterocycles. The maximum atomic E-state index is 10.2. The van der Waals surface area contributed by atoms with Crippen molar-refractivity contribution in [3.63, 3.8) is 0 Å². The molecule has 0 aromatic carbocycles. The standard InChI is InChI=1S/C16H31NO/c1-3-13-8-9-16(18)15(10-13)12-17(2)11-14-6-4-5-7-14/h13-16,18H,3-12H2,1-2H3. The molecule has 1 N–H and O–H groups in total. The second-order valence-electron chi connectivity index (χ2n) is 6.79. The van der Waals surface area contributed by atoms with E-state index in [2.05, 4.69) is 18.9 Å². The molecule has 0 aliphatic heterocycles. The van der Waals surface area contributed by atoms with Gasteiger partial charge in [0.1, 0.15) is 0 Å². The lowest BCUT2D eigenvalue weighted by atomic mass is 9.78. The maximum absolute atomic E-state index is 10.2. The van der Waals surface area contributed by atoms with E-state index in [0.717, 1.165) is 24.8 Å². The molecular formula is C16H31NO. The summed E-state index contributed by atoms with van der Waals surface area (Å²) in [5.41, 5.74) is 0. The molecule has 2 heteroatoms. The highest BCUT2D eigenvalue weighted by molar-refractivity contribution is 4.82. The van der Waals surface area contributed by atoms with Gasteiger partial charge in [-0.1, -0.05) is 26.2 Å². The van der Waals surface area contributed by atoms with Gasteiger partial charge in [-0.25, -0.2) is 0 Å². The molecule has 2 rings (SSSR count). The number of aliphatic hydroxyl groups is 1. The molecule has 2 aliphatic carbocycles. The molecule has 2 nitrogen and oxygen atoms in total. The summed E-state index contributed by atoms with van der Waals surface area (Å²) in [6.07, 6.45) is 10.5. The average molecular weight is 253 g/mol. The van der Waals surface area contributed by atoms with Crippen molar-refractivity contribution in [2.75, 3.05) is 20.1 Å². The zero-order valence-corrected chi connectivity index (χ0v) is 12.3. The number of hydrogen-bond acceptors (Lipinski definition) is 2. The average Bonchev–Trinajstić information content (AvgIpc) is 2.84. The predicted octanol–water partition coefficient (Wildman–Crippen LogP) is 3.30. The third kappa shape index (κ3) is 3.96. The highest BCUT2D eigenvalue weighted by atomic mass is 16.3. The summed E-state index contributed by atoms with van der Waals surface area (Å²) >= 11 is 0. The molecule has 2 saturated carbocycles. The number of rotatable bonds is 5. The lowest BCUT2D eigenvalue weighted by molar-refractivity contribution is 0.0289. The molecule has 3 atom stereocenters. The van der Waals surface area contributed by atoms with Gasteiger partial charge in [0, 0.05) is 13.1 Å². The van der Waals surface area contributed by atoms with Gasteiger partial charge in [-0.15, -0.1) is 0 Å². The van der Waals surface area contributed by atoms with Crippen LogP contribution in [0.1, 0.15) is 58.3 Å². The van der Waals surface area contributed by atoms with E-state index in [0.29, 0.717) is 5.92 Å². The minimum absolute atomic E-state index is 0.0428. The summed E-state index contributed by atoms with van der Waals surface area (Å²) in [4.78, 5) is 2.49. The van der Waals surface area contributed by atoms with Gasteiger partial charge in [-0.3, -0.25) is 0 Å². The molecule has 0 saturated heterocycles. The van der Waals surface area contributed by atoms with E-state index >= 15 is 0 Å². The first kappa shape index (κ1) is 14.3. The number of nitrogens with zero attached hydrogens (tertiary/aromatic N) is 1. The summed E-state index contributed by atoms with van der Waals surface area (Å²) in [7, 11) is 2.25. The van der Waals surface area contributed by atoms with Crippen molar-refractivity contribution in [3.8, 4) is 0 Å². The normalized spacial score (nSPS) is 34.3. The van der Waals surface area contributed by atoms with Gasteiger partial charge in [0.15, 0.2) is 0 Å². The Hall–Kier alpha value is -0.0800. The minimum atomic E-state index is -0.0428. The minimum Gasteiger partial charge on any atom is -0.393 e. The number of hydrogen-bond donors (Lipinski definition) is 1. The predicted molar refractivity (Wildman–Crippen MR) is 76.6 cm³/mol. The first-order valence-corrected chi connectivity index (χ1v) is 8.05. The molecule has 0 aromatic heterocycles. The van der Waals surface area contributed by atoms with Crippen LogP contribution in [0.15, 0.2) is 0 Å². The van der Waals surface area contributed by atoms with E-state index in [9.17, 15) is 5.11 Å². The van der Waals surface area contributed by atoms with E-state index in [-0.39, 0.29) is 6.10 Å². The van der Waals surface area contributed by atoms with Crippen LogP contribution < -0.4 is 0 Å². The van der Waals surface area contributed by atoms with Crippen LogP contribution in [0.5, 0.6) is 0 Å². The zero-order valence-electron chi connectivity index (χ0n) is 12.3. The highest BCUT2D eigenvalue weighted by Crippen LogP contribution is 2.32. The molecule has 0 bridgehead atoms. The fourth-order valence-electron chi connectivity index (χ4n) is 4.02. The number of aliphatic hydroxyl groups excluding tert-OH is 1. The lowest BCUT2D eigenvalue weighted by Crippen LogP contribution is -2.38. The van der Waals surface area contributed by atoms with Crippen molar-refractivity contribution in [1.82, 2.24) is 4.90 Å². The largest absolute Gasteiger partial charge is 0.393 e. The molecule has 106 valence electrons. The molecule has 0 spiro atoms. The SMILES string of the molecule is CCC1CCC(O)C(CN(C)CC2CCCC2)C1. The summed E-state index contributed by atoms with van der Waals surface area (Å²) in [6, 6.07) is 0. The molecule has 0 aromatic rings. The summed E-state index contributed by atoms with van der Waals surface area (Å²) < 4.78 is 0. The van der Waals surface area contributed by atoms with Gasteiger partial charge in [0.05, 0.1) is 6.10 Å². The van der Waals surface area contributed by atoms with Gasteiger partial charge >= 0.3 is 0 Å². The summed E-state index contributed by atoms with van der Waals surface area (Å²) in [5, 5.41) is 10.2. The van der Waals surface area contributed by atoms with Gasteiger partial charge in [-0.05, 0) is 56.9 Å². The van der Waals surface area contributed by atoms with Crippen molar-refractivity contribution in [1.29, 1.82) is 0 Å². The monoisotopic (exact) mass is 253 g/mol. The van der Waals surface area contributed by atoms with E-state index in [1.165, 1.54) is 51.5 Å². The van der Waals surface area contributed by atoms with Crippen LogP contribution in [-0.4, -0.2) is 36.2 Å². The smallest absolute Gasteiger partial charge is 0.0580 e. The van der Waals surface area contributed by atoms with Gasteiger partial charge in [0.2, 0.25) is 0 Å². The summed E-state index contributed by atoms with van der Waals surface area (Å²) in [5.74, 6) is 2.31. The van der Waals surface area contributed by atoms with Crippen molar-refractivity contribution in [2.45, 2.75) is 64.4 Å². The van der Waals surface area contributed by atoms with Crippen molar-refractivity contribution < 1.29 is 5.11 Å². The Kier molecular flexibility index (Phi) is 5.50. The van der Waals surface area contributed by atoms with Crippen LogP contribution in [0, 0.1) is 17.8 Å². The Morgan fingerprint density at radius 1 is 1.00 bits per heavy atom. The Morgan fingerprint density at radius 2 is 1.72 bits per heavy atom. The third-order valence-electron chi connectivity index (χ3n) is 5.22. The van der Waals surface area contributed by atoms with Crippen LogP contribution in [0.25, 0.3) is 0 Å². The second-order valence-corrected chi connectivity index (χ2v) is 6.79. The highest BCUT2D eigenvalue weighted by Gasteiger charge is 2.29. The van der Waals surface area contributed by atoms with E-state index in [1.807, 2.05) is 0 Å². The molecule has 0 amide bonds. The Balaban J connectivity index is 1.75. The van der Waals surface area contributed by atoms with Crippen molar-refractivity contribution in [2.24, 2.45) is 17.8 Å².